The van der Waals surface area contributed by atoms with Gasteiger partial charge in [0.15, 0.2) is 0 Å². The van der Waals surface area contributed by atoms with Crippen molar-refractivity contribution < 1.29 is 9.53 Å². The zero-order valence-corrected chi connectivity index (χ0v) is 12.0. The molecule has 0 unspecified atom stereocenters. The van der Waals surface area contributed by atoms with Crippen molar-refractivity contribution in [1.29, 1.82) is 0 Å². The first-order chi connectivity index (χ1) is 9.76. The first-order valence-corrected chi connectivity index (χ1v) is 7.17. The lowest BCUT2D eigenvalue weighted by Crippen LogP contribution is -2.47. The van der Waals surface area contributed by atoms with Crippen molar-refractivity contribution >= 4 is 11.7 Å². The second kappa shape index (κ2) is 7.14. The van der Waals surface area contributed by atoms with Gasteiger partial charge in [0.2, 0.25) is 0 Å². The number of carbonyl (C=O) groups is 1. The molecule has 0 heterocycles. The van der Waals surface area contributed by atoms with Crippen molar-refractivity contribution in [1.82, 2.24) is 4.90 Å². The van der Waals surface area contributed by atoms with E-state index in [1.54, 1.807) is 7.11 Å². The molecule has 0 bridgehead atoms. The normalized spacial score (nSPS) is 14.5. The lowest BCUT2D eigenvalue weighted by atomic mass is 9.91. The number of anilines is 1. The predicted molar refractivity (Wildman–Crippen MR) is 80.0 cm³/mol. The van der Waals surface area contributed by atoms with E-state index in [0.717, 1.165) is 19.3 Å². The highest BCUT2D eigenvalue weighted by Gasteiger charge is 2.28. The zero-order valence-electron chi connectivity index (χ0n) is 12.0. The van der Waals surface area contributed by atoms with Crippen LogP contribution in [-0.4, -0.2) is 37.2 Å². The Morgan fingerprint density at radius 2 is 2.20 bits per heavy atom. The summed E-state index contributed by atoms with van der Waals surface area (Å²) in [6, 6.07) is 7.74. The Kier molecular flexibility index (Phi) is 5.24. The Balaban J connectivity index is 2.03. The Labute approximate surface area is 120 Å². The fourth-order valence-corrected chi connectivity index (χ4v) is 2.34. The minimum absolute atomic E-state index is 0.0624. The van der Waals surface area contributed by atoms with Gasteiger partial charge in [-0.05, 0) is 44.4 Å². The Morgan fingerprint density at radius 3 is 2.80 bits per heavy atom. The van der Waals surface area contributed by atoms with E-state index in [-0.39, 0.29) is 6.03 Å². The Hall–Kier alpha value is -1.75. The summed E-state index contributed by atoms with van der Waals surface area (Å²) in [6.07, 6.45) is 4.20. The second-order valence-corrected chi connectivity index (χ2v) is 5.05. The van der Waals surface area contributed by atoms with E-state index in [2.05, 4.69) is 5.32 Å². The van der Waals surface area contributed by atoms with Gasteiger partial charge >= 0.3 is 6.03 Å². The van der Waals surface area contributed by atoms with E-state index in [1.165, 1.54) is 6.42 Å². The van der Waals surface area contributed by atoms with Crippen molar-refractivity contribution in [3.05, 3.63) is 24.3 Å². The van der Waals surface area contributed by atoms with Crippen molar-refractivity contribution in [2.24, 2.45) is 5.73 Å². The molecule has 1 saturated carbocycles. The fraction of sp³-hybridized carbons (Fsp3) is 0.533. The van der Waals surface area contributed by atoms with Gasteiger partial charge in [0.05, 0.1) is 12.8 Å². The molecule has 1 aliphatic rings. The van der Waals surface area contributed by atoms with Crippen molar-refractivity contribution in [3.63, 3.8) is 0 Å². The average molecular weight is 277 g/mol. The number of urea groups is 1. The summed E-state index contributed by atoms with van der Waals surface area (Å²) in [7, 11) is 1.60. The molecule has 0 spiro atoms. The maximum absolute atomic E-state index is 12.4. The second-order valence-electron chi connectivity index (χ2n) is 5.05. The SMILES string of the molecule is COc1ccccc1NC(=O)N(CCCN)C1CCC1. The molecule has 5 heteroatoms. The van der Waals surface area contributed by atoms with Gasteiger partial charge < -0.3 is 20.7 Å². The molecule has 1 aromatic carbocycles. The van der Waals surface area contributed by atoms with Crippen LogP contribution in [-0.2, 0) is 0 Å². The number of benzene rings is 1. The summed E-state index contributed by atoms with van der Waals surface area (Å²) in [4.78, 5) is 14.3. The van der Waals surface area contributed by atoms with Gasteiger partial charge in [0.25, 0.3) is 0 Å². The summed E-state index contributed by atoms with van der Waals surface area (Å²) in [5.74, 6) is 0.674. The van der Waals surface area contributed by atoms with Gasteiger partial charge in [-0.3, -0.25) is 0 Å². The van der Waals surface area contributed by atoms with Gasteiger partial charge in [-0.15, -0.1) is 0 Å². The number of nitrogens with one attached hydrogen (secondary N) is 1. The molecule has 2 amide bonds. The van der Waals surface area contributed by atoms with Crippen LogP contribution in [0, 0.1) is 0 Å². The number of para-hydroxylation sites is 2. The van der Waals surface area contributed by atoms with Crippen LogP contribution in [0.2, 0.25) is 0 Å². The van der Waals surface area contributed by atoms with Crippen LogP contribution < -0.4 is 15.8 Å². The smallest absolute Gasteiger partial charge is 0.322 e. The molecule has 0 atom stereocenters. The molecule has 20 heavy (non-hydrogen) atoms. The zero-order chi connectivity index (χ0) is 14.4. The number of methoxy groups -OCH3 is 1. The van der Waals surface area contributed by atoms with Gasteiger partial charge in [-0.1, -0.05) is 12.1 Å². The third-order valence-electron chi connectivity index (χ3n) is 3.73. The number of carbonyl (C=O) groups excluding carboxylic acids is 1. The summed E-state index contributed by atoms with van der Waals surface area (Å²) < 4.78 is 5.25. The fourth-order valence-electron chi connectivity index (χ4n) is 2.34. The molecular formula is C15H23N3O2. The molecule has 0 aromatic heterocycles. The average Bonchev–Trinajstić information content (AvgIpc) is 2.41. The lowest BCUT2D eigenvalue weighted by Gasteiger charge is -2.37. The molecule has 3 N–H and O–H groups in total. The number of hydrogen-bond donors (Lipinski definition) is 2. The van der Waals surface area contributed by atoms with Gasteiger partial charge in [0.1, 0.15) is 5.75 Å². The van der Waals surface area contributed by atoms with Crippen molar-refractivity contribution in [3.8, 4) is 5.75 Å². The van der Waals surface area contributed by atoms with Crippen LogP contribution in [0.4, 0.5) is 10.5 Å². The molecule has 1 aliphatic carbocycles. The summed E-state index contributed by atoms with van der Waals surface area (Å²) in [5, 5.41) is 2.94. The first-order valence-electron chi connectivity index (χ1n) is 7.17. The lowest BCUT2D eigenvalue weighted by molar-refractivity contribution is 0.148. The third-order valence-corrected chi connectivity index (χ3v) is 3.73. The molecule has 2 rings (SSSR count). The standard InChI is InChI=1S/C15H23N3O2/c1-20-14-9-3-2-8-13(14)17-15(19)18(11-5-10-16)12-6-4-7-12/h2-3,8-9,12H,4-7,10-11,16H2,1H3,(H,17,19). The Morgan fingerprint density at radius 1 is 1.45 bits per heavy atom. The summed E-state index contributed by atoms with van der Waals surface area (Å²) in [5.41, 5.74) is 6.26. The number of nitrogens with zero attached hydrogens (tertiary/aromatic N) is 1. The highest BCUT2D eigenvalue weighted by atomic mass is 16.5. The highest BCUT2D eigenvalue weighted by molar-refractivity contribution is 5.91. The number of amides is 2. The third kappa shape index (κ3) is 3.42. The minimum atomic E-state index is -0.0624. The van der Waals surface area contributed by atoms with Gasteiger partial charge in [0, 0.05) is 12.6 Å². The van der Waals surface area contributed by atoms with Gasteiger partial charge in [-0.2, -0.15) is 0 Å². The molecule has 1 fully saturated rings. The van der Waals surface area contributed by atoms with Crippen LogP contribution in [0.1, 0.15) is 25.7 Å². The van der Waals surface area contributed by atoms with E-state index in [0.29, 0.717) is 30.6 Å². The minimum Gasteiger partial charge on any atom is -0.495 e. The summed E-state index contributed by atoms with van der Waals surface area (Å²) in [6.45, 7) is 1.31. The number of rotatable bonds is 6. The topological polar surface area (TPSA) is 67.6 Å². The molecule has 1 aromatic rings. The highest BCUT2D eigenvalue weighted by Crippen LogP contribution is 2.27. The number of ether oxygens (including phenoxy) is 1. The molecule has 0 saturated heterocycles. The van der Waals surface area contributed by atoms with E-state index >= 15 is 0 Å². The monoisotopic (exact) mass is 277 g/mol. The van der Waals surface area contributed by atoms with Crippen LogP contribution in [0.15, 0.2) is 24.3 Å². The summed E-state index contributed by atoms with van der Waals surface area (Å²) >= 11 is 0. The first kappa shape index (κ1) is 14.7. The van der Waals surface area contributed by atoms with Gasteiger partial charge in [-0.25, -0.2) is 4.79 Å². The largest absolute Gasteiger partial charge is 0.495 e. The maximum atomic E-state index is 12.4. The van der Waals surface area contributed by atoms with Crippen molar-refractivity contribution in [2.75, 3.05) is 25.5 Å². The Bertz CT molecular complexity index is 446. The van der Waals surface area contributed by atoms with Crippen LogP contribution in [0.3, 0.4) is 0 Å². The molecule has 0 radical (unpaired) electrons. The van der Waals surface area contributed by atoms with E-state index in [1.807, 2.05) is 29.2 Å². The number of hydrogen-bond acceptors (Lipinski definition) is 3. The van der Waals surface area contributed by atoms with Crippen LogP contribution in [0.25, 0.3) is 0 Å². The predicted octanol–water partition coefficient (Wildman–Crippen LogP) is 2.43. The molecule has 0 aliphatic heterocycles. The maximum Gasteiger partial charge on any atom is 0.322 e. The van der Waals surface area contributed by atoms with E-state index < -0.39 is 0 Å². The molecule has 110 valence electrons. The molecule has 5 nitrogen and oxygen atoms in total. The van der Waals surface area contributed by atoms with Crippen LogP contribution >= 0.6 is 0 Å². The molecular weight excluding hydrogens is 254 g/mol. The van der Waals surface area contributed by atoms with Crippen molar-refractivity contribution in [2.45, 2.75) is 31.7 Å². The van der Waals surface area contributed by atoms with E-state index in [9.17, 15) is 4.79 Å². The quantitative estimate of drug-likeness (QED) is 0.839. The number of nitrogens with two attached hydrogens (primary N) is 1. The van der Waals surface area contributed by atoms with Crippen LogP contribution in [0.5, 0.6) is 5.75 Å². The van der Waals surface area contributed by atoms with E-state index in [4.69, 9.17) is 10.5 Å².